The molecule has 0 radical (unpaired) electrons. The highest BCUT2D eigenvalue weighted by molar-refractivity contribution is 8.00. The first-order chi connectivity index (χ1) is 9.60. The Morgan fingerprint density at radius 3 is 2.65 bits per heavy atom. The quantitative estimate of drug-likeness (QED) is 0.826. The van der Waals surface area contributed by atoms with Crippen LogP contribution in [0.3, 0.4) is 0 Å². The molecule has 20 heavy (non-hydrogen) atoms. The standard InChI is InChI=1S/C15H18N2OS2/c1-10(2)9-12(18)16-14-13(17-15(19-3)20-14)11-7-5-4-6-8-11/h4-8,10H,9H2,1-3H3,(H,16,18). The molecule has 0 aliphatic rings. The number of nitrogens with one attached hydrogen (secondary N) is 1. The van der Waals surface area contributed by atoms with Crippen molar-refractivity contribution in [3.8, 4) is 11.3 Å². The van der Waals surface area contributed by atoms with Crippen LogP contribution in [0.5, 0.6) is 0 Å². The molecule has 0 atom stereocenters. The van der Waals surface area contributed by atoms with Crippen molar-refractivity contribution in [1.82, 2.24) is 4.98 Å². The molecule has 1 amide bonds. The predicted octanol–water partition coefficient (Wildman–Crippen LogP) is 4.52. The molecule has 3 nitrogen and oxygen atoms in total. The van der Waals surface area contributed by atoms with Crippen LogP contribution in [0.4, 0.5) is 5.00 Å². The van der Waals surface area contributed by atoms with Crippen LogP contribution in [-0.4, -0.2) is 17.1 Å². The summed E-state index contributed by atoms with van der Waals surface area (Å²) >= 11 is 3.13. The molecule has 0 spiro atoms. The van der Waals surface area contributed by atoms with Crippen LogP contribution >= 0.6 is 23.1 Å². The molecule has 2 aromatic rings. The Morgan fingerprint density at radius 1 is 1.35 bits per heavy atom. The molecule has 0 saturated heterocycles. The van der Waals surface area contributed by atoms with Gasteiger partial charge in [-0.05, 0) is 12.2 Å². The molecule has 0 fully saturated rings. The molecule has 0 unspecified atom stereocenters. The highest BCUT2D eigenvalue weighted by atomic mass is 32.2. The van der Waals surface area contributed by atoms with Crippen LogP contribution < -0.4 is 5.32 Å². The Kier molecular flexibility index (Phi) is 5.20. The Balaban J connectivity index is 2.28. The van der Waals surface area contributed by atoms with Gasteiger partial charge in [0, 0.05) is 12.0 Å². The van der Waals surface area contributed by atoms with Crippen molar-refractivity contribution in [3.05, 3.63) is 30.3 Å². The minimum absolute atomic E-state index is 0.0495. The molecule has 1 aromatic heterocycles. The van der Waals surface area contributed by atoms with Gasteiger partial charge in [0.05, 0.1) is 0 Å². The third kappa shape index (κ3) is 3.84. The number of hydrogen-bond donors (Lipinski definition) is 1. The topological polar surface area (TPSA) is 42.0 Å². The summed E-state index contributed by atoms with van der Waals surface area (Å²) < 4.78 is 0.962. The summed E-state index contributed by atoms with van der Waals surface area (Å²) in [4.78, 5) is 16.6. The van der Waals surface area contributed by atoms with E-state index in [1.807, 2.05) is 50.4 Å². The fourth-order valence-corrected chi connectivity index (χ4v) is 3.32. The molecule has 106 valence electrons. The third-order valence-corrected chi connectivity index (χ3v) is 4.63. The summed E-state index contributed by atoms with van der Waals surface area (Å²) in [6.07, 6.45) is 2.52. The highest BCUT2D eigenvalue weighted by Crippen LogP contribution is 2.36. The van der Waals surface area contributed by atoms with Crippen LogP contribution in [0, 0.1) is 5.92 Å². The van der Waals surface area contributed by atoms with E-state index in [-0.39, 0.29) is 5.91 Å². The molecule has 5 heteroatoms. The number of thiazole rings is 1. The summed E-state index contributed by atoms with van der Waals surface area (Å²) in [5.74, 6) is 0.400. The zero-order valence-electron chi connectivity index (χ0n) is 11.8. The zero-order chi connectivity index (χ0) is 14.5. The number of rotatable bonds is 5. The van der Waals surface area contributed by atoms with Gasteiger partial charge in [0.2, 0.25) is 5.91 Å². The normalized spacial score (nSPS) is 10.8. The second-order valence-corrected chi connectivity index (χ2v) is 6.93. The monoisotopic (exact) mass is 306 g/mol. The van der Waals surface area contributed by atoms with E-state index in [2.05, 4.69) is 10.3 Å². The average Bonchev–Trinajstić information content (AvgIpc) is 2.81. The van der Waals surface area contributed by atoms with E-state index in [1.165, 1.54) is 11.3 Å². The summed E-state index contributed by atoms with van der Waals surface area (Å²) in [5, 5.41) is 3.84. The van der Waals surface area contributed by atoms with Gasteiger partial charge in [-0.2, -0.15) is 0 Å². The van der Waals surface area contributed by atoms with Crippen LogP contribution in [0.15, 0.2) is 34.7 Å². The summed E-state index contributed by atoms with van der Waals surface area (Å²) in [6, 6.07) is 9.96. The van der Waals surface area contributed by atoms with Gasteiger partial charge in [-0.15, -0.1) is 0 Å². The molecular formula is C15H18N2OS2. The smallest absolute Gasteiger partial charge is 0.225 e. The van der Waals surface area contributed by atoms with Crippen molar-refractivity contribution in [2.24, 2.45) is 5.92 Å². The van der Waals surface area contributed by atoms with Crippen molar-refractivity contribution in [1.29, 1.82) is 0 Å². The molecule has 0 aliphatic carbocycles. The van der Waals surface area contributed by atoms with Gasteiger partial charge in [-0.3, -0.25) is 4.79 Å². The largest absolute Gasteiger partial charge is 0.316 e. The summed E-state index contributed by atoms with van der Waals surface area (Å²) in [7, 11) is 0. The Morgan fingerprint density at radius 2 is 2.05 bits per heavy atom. The number of amides is 1. The molecular weight excluding hydrogens is 288 g/mol. The zero-order valence-corrected chi connectivity index (χ0v) is 13.5. The maximum Gasteiger partial charge on any atom is 0.225 e. The van der Waals surface area contributed by atoms with Crippen molar-refractivity contribution in [2.75, 3.05) is 11.6 Å². The lowest BCUT2D eigenvalue weighted by atomic mass is 10.1. The van der Waals surface area contributed by atoms with Crippen LogP contribution in [0.25, 0.3) is 11.3 Å². The molecule has 1 aromatic carbocycles. The van der Waals surface area contributed by atoms with E-state index in [0.29, 0.717) is 12.3 Å². The number of carbonyl (C=O) groups excluding carboxylic acids is 1. The molecule has 2 rings (SSSR count). The first-order valence-electron chi connectivity index (χ1n) is 6.50. The van der Waals surface area contributed by atoms with Crippen molar-refractivity contribution in [3.63, 3.8) is 0 Å². The maximum absolute atomic E-state index is 12.0. The Hall–Kier alpha value is -1.33. The van der Waals surface area contributed by atoms with E-state index in [0.717, 1.165) is 20.6 Å². The average molecular weight is 306 g/mol. The van der Waals surface area contributed by atoms with E-state index < -0.39 is 0 Å². The molecule has 0 saturated carbocycles. The number of thioether (sulfide) groups is 1. The lowest BCUT2D eigenvalue weighted by Crippen LogP contribution is -2.13. The minimum Gasteiger partial charge on any atom is -0.316 e. The fraction of sp³-hybridized carbons (Fsp3) is 0.333. The number of benzene rings is 1. The van der Waals surface area contributed by atoms with Crippen LogP contribution in [0.1, 0.15) is 20.3 Å². The van der Waals surface area contributed by atoms with Crippen LogP contribution in [0.2, 0.25) is 0 Å². The van der Waals surface area contributed by atoms with Crippen LogP contribution in [-0.2, 0) is 4.79 Å². The van der Waals surface area contributed by atoms with Gasteiger partial charge in [-0.25, -0.2) is 4.98 Å². The van der Waals surface area contributed by atoms with Gasteiger partial charge in [0.25, 0.3) is 0 Å². The number of aromatic nitrogens is 1. The number of carbonyl (C=O) groups is 1. The van der Waals surface area contributed by atoms with Crippen molar-refractivity contribution < 1.29 is 4.79 Å². The highest BCUT2D eigenvalue weighted by Gasteiger charge is 2.15. The number of hydrogen-bond acceptors (Lipinski definition) is 4. The van der Waals surface area contributed by atoms with Gasteiger partial charge in [0.1, 0.15) is 10.7 Å². The second kappa shape index (κ2) is 6.90. The van der Waals surface area contributed by atoms with Gasteiger partial charge >= 0.3 is 0 Å². The lowest BCUT2D eigenvalue weighted by molar-refractivity contribution is -0.116. The Bertz CT molecular complexity index is 579. The minimum atomic E-state index is 0.0495. The molecule has 0 bridgehead atoms. The van der Waals surface area contributed by atoms with E-state index in [9.17, 15) is 4.79 Å². The second-order valence-electron chi connectivity index (χ2n) is 4.87. The first kappa shape index (κ1) is 15.1. The predicted molar refractivity (Wildman–Crippen MR) is 87.4 cm³/mol. The molecule has 1 heterocycles. The van der Waals surface area contributed by atoms with Gasteiger partial charge < -0.3 is 5.32 Å². The number of anilines is 1. The van der Waals surface area contributed by atoms with Crippen molar-refractivity contribution >= 4 is 34.0 Å². The molecule has 1 N–H and O–H groups in total. The summed E-state index contributed by atoms with van der Waals surface area (Å²) in [6.45, 7) is 4.08. The van der Waals surface area contributed by atoms with Crippen molar-refractivity contribution in [2.45, 2.75) is 24.6 Å². The third-order valence-electron chi connectivity index (χ3n) is 2.68. The van der Waals surface area contributed by atoms with E-state index in [4.69, 9.17) is 0 Å². The summed E-state index contributed by atoms with van der Waals surface area (Å²) in [5.41, 5.74) is 1.89. The van der Waals surface area contributed by atoms with Gasteiger partial charge in [0.15, 0.2) is 4.34 Å². The first-order valence-corrected chi connectivity index (χ1v) is 8.54. The van der Waals surface area contributed by atoms with Gasteiger partial charge in [-0.1, -0.05) is 67.3 Å². The van der Waals surface area contributed by atoms with E-state index >= 15 is 0 Å². The lowest BCUT2D eigenvalue weighted by Gasteiger charge is -2.06. The fourth-order valence-electron chi connectivity index (χ4n) is 1.81. The molecule has 0 aliphatic heterocycles. The maximum atomic E-state index is 12.0. The van der Waals surface area contributed by atoms with E-state index in [1.54, 1.807) is 11.8 Å². The Labute approximate surface area is 127 Å². The SMILES string of the molecule is CSc1nc(-c2ccccc2)c(NC(=O)CC(C)C)s1. The number of nitrogens with zero attached hydrogens (tertiary/aromatic N) is 1.